The number of carbonyl (C=O) groups is 1. The molecule has 0 aliphatic rings. The molecule has 0 unspecified atom stereocenters. The van der Waals surface area contributed by atoms with Gasteiger partial charge in [-0.25, -0.2) is 0 Å². The van der Waals surface area contributed by atoms with E-state index in [1.807, 2.05) is 13.8 Å². The number of nitrogens with one attached hydrogen (secondary N) is 1. The van der Waals surface area contributed by atoms with Crippen LogP contribution in [0.25, 0.3) is 6.08 Å². The zero-order valence-corrected chi connectivity index (χ0v) is 16.4. The van der Waals surface area contributed by atoms with E-state index in [9.17, 15) is 23.2 Å². The van der Waals surface area contributed by atoms with Gasteiger partial charge >= 0.3 is 6.18 Å². The summed E-state index contributed by atoms with van der Waals surface area (Å²) in [6.07, 6.45) is -2.47. The normalized spacial score (nSPS) is 12.8. The molecule has 2 aromatic rings. The maximum absolute atomic E-state index is 12.8. The van der Waals surface area contributed by atoms with Gasteiger partial charge in [-0.15, -0.1) is 0 Å². The highest BCUT2D eigenvalue weighted by Gasteiger charge is 2.30. The standard InChI is InChI=1S/C21H18ClF3N2O2/c1-3-13(2)29-19-8-7-14(10-18(19)22)9-15(12-26)20(28)27-17-6-4-5-16(11-17)21(23,24)25/h4-11,13H,3H2,1-2H3,(H,27,28)/b15-9-/t13-/m1/s1. The molecule has 0 saturated carbocycles. The Kier molecular flexibility index (Phi) is 7.29. The number of rotatable bonds is 6. The van der Waals surface area contributed by atoms with Gasteiger partial charge in [0.15, 0.2) is 0 Å². The molecule has 29 heavy (non-hydrogen) atoms. The summed E-state index contributed by atoms with van der Waals surface area (Å²) in [7, 11) is 0. The molecule has 0 radical (unpaired) electrons. The minimum atomic E-state index is -4.54. The Hall–Kier alpha value is -2.98. The Morgan fingerprint density at radius 3 is 2.62 bits per heavy atom. The second kappa shape index (κ2) is 9.48. The van der Waals surface area contributed by atoms with Crippen LogP contribution in [0.4, 0.5) is 18.9 Å². The van der Waals surface area contributed by atoms with E-state index in [2.05, 4.69) is 5.32 Å². The van der Waals surface area contributed by atoms with Crippen LogP contribution >= 0.6 is 11.6 Å². The van der Waals surface area contributed by atoms with Gasteiger partial charge in [-0.05, 0) is 55.3 Å². The average Bonchev–Trinajstić information content (AvgIpc) is 2.67. The first-order valence-electron chi connectivity index (χ1n) is 8.70. The molecule has 1 atom stereocenters. The van der Waals surface area contributed by atoms with Gasteiger partial charge in [-0.1, -0.05) is 30.7 Å². The molecule has 2 rings (SSSR count). The third-order valence-electron chi connectivity index (χ3n) is 3.98. The number of anilines is 1. The fourth-order valence-electron chi connectivity index (χ4n) is 2.29. The lowest BCUT2D eigenvalue weighted by Crippen LogP contribution is -2.14. The van der Waals surface area contributed by atoms with Gasteiger partial charge in [-0.3, -0.25) is 4.79 Å². The quantitative estimate of drug-likeness (QED) is 0.453. The van der Waals surface area contributed by atoms with E-state index in [-0.39, 0.29) is 17.4 Å². The highest BCUT2D eigenvalue weighted by molar-refractivity contribution is 6.32. The molecule has 1 amide bonds. The van der Waals surface area contributed by atoms with Crippen molar-refractivity contribution in [3.63, 3.8) is 0 Å². The third kappa shape index (κ3) is 6.26. The fraction of sp³-hybridized carbons (Fsp3) is 0.238. The SMILES string of the molecule is CC[C@@H](C)Oc1ccc(/C=C(/C#N)C(=O)Nc2cccc(C(F)(F)F)c2)cc1Cl. The number of carbonyl (C=O) groups excluding carboxylic acids is 1. The number of hydrogen-bond donors (Lipinski definition) is 1. The van der Waals surface area contributed by atoms with E-state index in [0.717, 1.165) is 18.6 Å². The molecule has 1 N–H and O–H groups in total. The summed E-state index contributed by atoms with van der Waals surface area (Å²) in [5.41, 5.74) is -0.779. The molecule has 0 aliphatic carbocycles. The van der Waals surface area contributed by atoms with Crippen molar-refractivity contribution >= 4 is 29.3 Å². The van der Waals surface area contributed by atoms with E-state index in [4.69, 9.17) is 16.3 Å². The van der Waals surface area contributed by atoms with Gasteiger partial charge in [0.25, 0.3) is 5.91 Å². The van der Waals surface area contributed by atoms with Gasteiger partial charge in [0.05, 0.1) is 16.7 Å². The Balaban J connectivity index is 2.20. The number of nitrogens with zero attached hydrogens (tertiary/aromatic N) is 1. The van der Waals surface area contributed by atoms with Crippen LogP contribution in [0, 0.1) is 11.3 Å². The molecule has 0 fully saturated rings. The van der Waals surface area contributed by atoms with Crippen molar-refractivity contribution in [1.82, 2.24) is 0 Å². The van der Waals surface area contributed by atoms with Gasteiger partial charge in [0.2, 0.25) is 0 Å². The van der Waals surface area contributed by atoms with Crippen molar-refractivity contribution in [3.05, 3.63) is 64.2 Å². The molecular formula is C21H18ClF3N2O2. The first-order chi connectivity index (χ1) is 13.6. The van der Waals surface area contributed by atoms with E-state index in [1.54, 1.807) is 18.2 Å². The topological polar surface area (TPSA) is 62.1 Å². The number of hydrogen-bond acceptors (Lipinski definition) is 3. The molecule has 0 heterocycles. The first-order valence-corrected chi connectivity index (χ1v) is 9.08. The Morgan fingerprint density at radius 2 is 2.03 bits per heavy atom. The number of alkyl halides is 3. The van der Waals surface area contributed by atoms with Crippen molar-refractivity contribution in [2.24, 2.45) is 0 Å². The number of nitriles is 1. The molecule has 8 heteroatoms. The zero-order chi connectivity index (χ0) is 21.6. The van der Waals surface area contributed by atoms with Gasteiger partial charge in [-0.2, -0.15) is 18.4 Å². The number of benzene rings is 2. The van der Waals surface area contributed by atoms with Crippen LogP contribution in [-0.2, 0) is 11.0 Å². The average molecular weight is 423 g/mol. The predicted molar refractivity (Wildman–Crippen MR) is 105 cm³/mol. The highest BCUT2D eigenvalue weighted by atomic mass is 35.5. The molecule has 0 spiro atoms. The lowest BCUT2D eigenvalue weighted by molar-refractivity contribution is -0.137. The number of ether oxygens (including phenoxy) is 1. The van der Waals surface area contributed by atoms with Crippen LogP contribution in [0.5, 0.6) is 5.75 Å². The van der Waals surface area contributed by atoms with Gasteiger partial charge in [0.1, 0.15) is 17.4 Å². The number of amides is 1. The summed E-state index contributed by atoms with van der Waals surface area (Å²) in [5, 5.41) is 11.9. The van der Waals surface area contributed by atoms with Crippen molar-refractivity contribution in [1.29, 1.82) is 5.26 Å². The van der Waals surface area contributed by atoms with E-state index >= 15 is 0 Å². The maximum atomic E-state index is 12.8. The molecular weight excluding hydrogens is 405 g/mol. The predicted octanol–water partition coefficient (Wildman–Crippen LogP) is 6.08. The second-order valence-corrected chi connectivity index (χ2v) is 6.64. The summed E-state index contributed by atoms with van der Waals surface area (Å²) in [6, 6.07) is 10.7. The molecule has 2 aromatic carbocycles. The van der Waals surface area contributed by atoms with Crippen LogP contribution in [0.3, 0.4) is 0 Å². The van der Waals surface area contributed by atoms with E-state index in [1.165, 1.54) is 24.3 Å². The summed E-state index contributed by atoms with van der Waals surface area (Å²) >= 11 is 6.18. The third-order valence-corrected chi connectivity index (χ3v) is 4.28. The largest absolute Gasteiger partial charge is 0.489 e. The molecule has 0 saturated heterocycles. The van der Waals surface area contributed by atoms with Crippen molar-refractivity contribution < 1.29 is 22.7 Å². The van der Waals surface area contributed by atoms with Crippen molar-refractivity contribution in [2.75, 3.05) is 5.32 Å². The summed E-state index contributed by atoms with van der Waals surface area (Å²) in [6.45, 7) is 3.87. The van der Waals surface area contributed by atoms with Crippen LogP contribution in [0.1, 0.15) is 31.4 Å². The van der Waals surface area contributed by atoms with E-state index < -0.39 is 17.6 Å². The summed E-state index contributed by atoms with van der Waals surface area (Å²) < 4.78 is 44.0. The second-order valence-electron chi connectivity index (χ2n) is 6.23. The highest BCUT2D eigenvalue weighted by Crippen LogP contribution is 2.31. The van der Waals surface area contributed by atoms with Crippen LogP contribution in [0.15, 0.2) is 48.0 Å². The van der Waals surface area contributed by atoms with Crippen molar-refractivity contribution in [3.8, 4) is 11.8 Å². The maximum Gasteiger partial charge on any atom is 0.416 e. The molecule has 4 nitrogen and oxygen atoms in total. The summed E-state index contributed by atoms with van der Waals surface area (Å²) in [5.74, 6) is -0.354. The van der Waals surface area contributed by atoms with Crippen LogP contribution in [-0.4, -0.2) is 12.0 Å². The Morgan fingerprint density at radius 1 is 1.31 bits per heavy atom. The minimum Gasteiger partial charge on any atom is -0.489 e. The van der Waals surface area contributed by atoms with Gasteiger partial charge < -0.3 is 10.1 Å². The number of halogens is 4. The van der Waals surface area contributed by atoms with Crippen LogP contribution < -0.4 is 10.1 Å². The molecule has 0 aromatic heterocycles. The van der Waals surface area contributed by atoms with E-state index in [0.29, 0.717) is 16.3 Å². The van der Waals surface area contributed by atoms with Gasteiger partial charge in [0, 0.05) is 5.69 Å². The Labute approximate surface area is 171 Å². The van der Waals surface area contributed by atoms with Crippen molar-refractivity contribution in [2.45, 2.75) is 32.5 Å². The van der Waals surface area contributed by atoms with Crippen LogP contribution in [0.2, 0.25) is 5.02 Å². The monoisotopic (exact) mass is 422 g/mol. The fourth-order valence-corrected chi connectivity index (χ4v) is 2.52. The summed E-state index contributed by atoms with van der Waals surface area (Å²) in [4.78, 5) is 12.3. The smallest absolute Gasteiger partial charge is 0.416 e. The lowest BCUT2D eigenvalue weighted by atomic mass is 10.1. The lowest BCUT2D eigenvalue weighted by Gasteiger charge is -2.14. The molecule has 0 bridgehead atoms. The first kappa shape index (κ1) is 22.3. The molecule has 152 valence electrons. The molecule has 0 aliphatic heterocycles. The Bertz CT molecular complexity index is 965. The zero-order valence-electron chi connectivity index (χ0n) is 15.7. The minimum absolute atomic E-state index is 0.0261.